The van der Waals surface area contributed by atoms with Gasteiger partial charge in [-0.1, -0.05) is 49.4 Å². The molecule has 1 unspecified atom stereocenters. The summed E-state index contributed by atoms with van der Waals surface area (Å²) in [5, 5.41) is 10.5. The van der Waals surface area contributed by atoms with E-state index >= 15 is 0 Å². The molecule has 122 valence electrons. The van der Waals surface area contributed by atoms with Crippen molar-refractivity contribution in [3.8, 4) is 0 Å². The number of rotatable bonds is 5. The van der Waals surface area contributed by atoms with Crippen molar-refractivity contribution in [3.63, 3.8) is 0 Å². The number of hydrogen-bond donors (Lipinski definition) is 1. The molecule has 0 bridgehead atoms. The van der Waals surface area contributed by atoms with Crippen LogP contribution in [0.1, 0.15) is 24.2 Å². The van der Waals surface area contributed by atoms with Crippen LogP contribution in [-0.2, 0) is 6.42 Å². The van der Waals surface area contributed by atoms with E-state index in [4.69, 9.17) is 0 Å². The summed E-state index contributed by atoms with van der Waals surface area (Å²) in [5.74, 6) is 0. The molecule has 1 atom stereocenters. The molecule has 1 N–H and O–H groups in total. The van der Waals surface area contributed by atoms with Gasteiger partial charge in [0.25, 0.3) is 0 Å². The molecule has 1 heterocycles. The third kappa shape index (κ3) is 4.12. The summed E-state index contributed by atoms with van der Waals surface area (Å²) < 4.78 is 0. The lowest BCUT2D eigenvalue weighted by atomic mass is 10.1. The van der Waals surface area contributed by atoms with Gasteiger partial charge in [-0.25, -0.2) is 0 Å². The Morgan fingerprint density at radius 3 is 2.17 bits per heavy atom. The summed E-state index contributed by atoms with van der Waals surface area (Å²) in [7, 11) is 0. The molecule has 0 saturated carbocycles. The van der Waals surface area contributed by atoms with Crippen LogP contribution in [0.4, 0.5) is 5.69 Å². The smallest absolute Gasteiger partial charge is 0.0916 e. The molecule has 3 heteroatoms. The van der Waals surface area contributed by atoms with Gasteiger partial charge in [-0.05, 0) is 29.7 Å². The average Bonchev–Trinajstić information content (AvgIpc) is 2.63. The quantitative estimate of drug-likeness (QED) is 0.919. The average molecular weight is 310 g/mol. The van der Waals surface area contributed by atoms with Gasteiger partial charge in [0.05, 0.1) is 6.10 Å². The highest BCUT2D eigenvalue weighted by Crippen LogP contribution is 2.19. The second kappa shape index (κ2) is 7.62. The molecule has 2 aromatic rings. The van der Waals surface area contributed by atoms with Crippen LogP contribution in [0.15, 0.2) is 54.6 Å². The zero-order chi connectivity index (χ0) is 16.1. The van der Waals surface area contributed by atoms with E-state index in [1.54, 1.807) is 0 Å². The molecule has 1 aliphatic heterocycles. The Hall–Kier alpha value is -1.84. The van der Waals surface area contributed by atoms with Crippen LogP contribution in [0, 0.1) is 0 Å². The molecular formula is C20H26N2O. The van der Waals surface area contributed by atoms with E-state index in [0.717, 1.165) is 38.2 Å². The number of aryl methyl sites for hydroxylation is 1. The lowest BCUT2D eigenvalue weighted by Gasteiger charge is -2.37. The predicted octanol–water partition coefficient (Wildman–Crippen LogP) is 3.10. The monoisotopic (exact) mass is 310 g/mol. The third-order valence-corrected chi connectivity index (χ3v) is 4.70. The van der Waals surface area contributed by atoms with E-state index in [1.807, 2.05) is 0 Å². The van der Waals surface area contributed by atoms with Gasteiger partial charge in [0.1, 0.15) is 0 Å². The Morgan fingerprint density at radius 1 is 0.913 bits per heavy atom. The van der Waals surface area contributed by atoms with Crippen molar-refractivity contribution in [2.24, 2.45) is 0 Å². The first-order chi connectivity index (χ1) is 11.3. The zero-order valence-electron chi connectivity index (χ0n) is 13.9. The highest BCUT2D eigenvalue weighted by atomic mass is 16.3. The first-order valence-electron chi connectivity index (χ1n) is 8.55. The number of benzene rings is 2. The summed E-state index contributed by atoms with van der Waals surface area (Å²) in [4.78, 5) is 4.77. The van der Waals surface area contributed by atoms with Crippen molar-refractivity contribution < 1.29 is 5.11 Å². The fourth-order valence-corrected chi connectivity index (χ4v) is 3.15. The number of aliphatic hydroxyl groups is 1. The number of aliphatic hydroxyl groups excluding tert-OH is 1. The SMILES string of the molecule is CCc1ccc(C(O)CN2CCN(c3ccccc3)CC2)cc1. The van der Waals surface area contributed by atoms with Crippen molar-refractivity contribution in [2.45, 2.75) is 19.4 Å². The van der Waals surface area contributed by atoms with Gasteiger partial charge in [0, 0.05) is 38.4 Å². The summed E-state index contributed by atoms with van der Waals surface area (Å²) in [6.07, 6.45) is 0.641. The Balaban J connectivity index is 1.51. The Kier molecular flexibility index (Phi) is 5.31. The zero-order valence-corrected chi connectivity index (χ0v) is 13.9. The van der Waals surface area contributed by atoms with Crippen molar-refractivity contribution in [3.05, 3.63) is 65.7 Å². The molecule has 0 spiro atoms. The van der Waals surface area contributed by atoms with Gasteiger partial charge >= 0.3 is 0 Å². The number of hydrogen-bond acceptors (Lipinski definition) is 3. The second-order valence-electron chi connectivity index (χ2n) is 6.23. The van der Waals surface area contributed by atoms with E-state index in [-0.39, 0.29) is 0 Å². The maximum absolute atomic E-state index is 10.5. The Labute approximate surface area is 139 Å². The van der Waals surface area contributed by atoms with Gasteiger partial charge in [-0.2, -0.15) is 0 Å². The van der Waals surface area contributed by atoms with Gasteiger partial charge in [0.2, 0.25) is 0 Å². The Bertz CT molecular complexity index is 589. The first kappa shape index (κ1) is 16.0. The highest BCUT2D eigenvalue weighted by molar-refractivity contribution is 5.46. The number of piperazine rings is 1. The summed E-state index contributed by atoms with van der Waals surface area (Å²) in [5.41, 5.74) is 3.63. The predicted molar refractivity (Wildman–Crippen MR) is 95.9 cm³/mol. The van der Waals surface area contributed by atoms with Crippen LogP contribution in [0.3, 0.4) is 0 Å². The fraction of sp³-hybridized carbons (Fsp3) is 0.400. The van der Waals surface area contributed by atoms with Crippen LogP contribution in [-0.4, -0.2) is 42.7 Å². The minimum atomic E-state index is -0.399. The third-order valence-electron chi connectivity index (χ3n) is 4.70. The number of β-amino-alcohol motifs (C(OH)–C–C–N with tert-alkyl or cyclic N) is 1. The molecule has 2 aromatic carbocycles. The summed E-state index contributed by atoms with van der Waals surface area (Å²) >= 11 is 0. The van der Waals surface area contributed by atoms with Crippen molar-refractivity contribution in [1.82, 2.24) is 4.90 Å². The van der Waals surface area contributed by atoms with Crippen molar-refractivity contribution in [1.29, 1.82) is 0 Å². The van der Waals surface area contributed by atoms with E-state index in [9.17, 15) is 5.11 Å². The largest absolute Gasteiger partial charge is 0.387 e. The van der Waals surface area contributed by atoms with Crippen molar-refractivity contribution >= 4 is 5.69 Å². The molecule has 0 aliphatic carbocycles. The first-order valence-corrected chi connectivity index (χ1v) is 8.55. The van der Waals surface area contributed by atoms with E-state index < -0.39 is 6.10 Å². The van der Waals surface area contributed by atoms with Gasteiger partial charge in [0.15, 0.2) is 0 Å². The molecule has 3 rings (SSSR count). The maximum Gasteiger partial charge on any atom is 0.0916 e. The van der Waals surface area contributed by atoms with Crippen LogP contribution in [0.5, 0.6) is 0 Å². The van der Waals surface area contributed by atoms with Crippen LogP contribution in [0.25, 0.3) is 0 Å². The Morgan fingerprint density at radius 2 is 1.57 bits per heavy atom. The van der Waals surface area contributed by atoms with E-state index in [1.165, 1.54) is 11.3 Å². The number of para-hydroxylation sites is 1. The van der Waals surface area contributed by atoms with E-state index in [2.05, 4.69) is 71.3 Å². The molecule has 0 amide bonds. The standard InChI is InChI=1S/C20H26N2O/c1-2-17-8-10-18(11-9-17)20(23)16-21-12-14-22(15-13-21)19-6-4-3-5-7-19/h3-11,20,23H,2,12-16H2,1H3. The van der Waals surface area contributed by atoms with Gasteiger partial charge in [-0.15, -0.1) is 0 Å². The number of anilines is 1. The topological polar surface area (TPSA) is 26.7 Å². The van der Waals surface area contributed by atoms with Gasteiger partial charge in [-0.3, -0.25) is 4.90 Å². The molecule has 1 aliphatic rings. The fourth-order valence-electron chi connectivity index (χ4n) is 3.15. The van der Waals surface area contributed by atoms with Crippen LogP contribution >= 0.6 is 0 Å². The summed E-state index contributed by atoms with van der Waals surface area (Å²) in [6.45, 7) is 6.90. The lowest BCUT2D eigenvalue weighted by molar-refractivity contribution is 0.109. The second-order valence-corrected chi connectivity index (χ2v) is 6.23. The minimum Gasteiger partial charge on any atom is -0.387 e. The molecule has 1 saturated heterocycles. The minimum absolute atomic E-state index is 0.399. The lowest BCUT2D eigenvalue weighted by Crippen LogP contribution is -2.47. The summed E-state index contributed by atoms with van der Waals surface area (Å²) in [6, 6.07) is 18.9. The van der Waals surface area contributed by atoms with Crippen LogP contribution in [0.2, 0.25) is 0 Å². The molecule has 0 radical (unpaired) electrons. The molecule has 1 fully saturated rings. The molecule has 3 nitrogen and oxygen atoms in total. The molecule has 0 aromatic heterocycles. The van der Waals surface area contributed by atoms with E-state index in [0.29, 0.717) is 6.54 Å². The maximum atomic E-state index is 10.5. The van der Waals surface area contributed by atoms with Crippen molar-refractivity contribution in [2.75, 3.05) is 37.6 Å². The van der Waals surface area contributed by atoms with Gasteiger partial charge < -0.3 is 10.0 Å². The molecular weight excluding hydrogens is 284 g/mol. The highest BCUT2D eigenvalue weighted by Gasteiger charge is 2.20. The molecule has 23 heavy (non-hydrogen) atoms. The normalized spacial score (nSPS) is 17.2. The van der Waals surface area contributed by atoms with Crippen LogP contribution < -0.4 is 4.90 Å². The number of nitrogens with zero attached hydrogens (tertiary/aromatic N) is 2.